The first kappa shape index (κ1) is 27.8. The number of carbonyl (C=O) groups excluding carboxylic acids is 1. The van der Waals surface area contributed by atoms with Crippen molar-refractivity contribution in [3.63, 3.8) is 0 Å². The lowest BCUT2D eigenvalue weighted by molar-refractivity contribution is -0.118. The molecule has 5 nitrogen and oxygen atoms in total. The highest BCUT2D eigenvalue weighted by molar-refractivity contribution is 5.92. The highest BCUT2D eigenvalue weighted by Crippen LogP contribution is 2.33. The molecule has 0 atom stereocenters. The minimum Gasteiger partial charge on any atom is -0.489 e. The lowest BCUT2D eigenvalue weighted by atomic mass is 9.89. The zero-order valence-electron chi connectivity index (χ0n) is 24.5. The number of hydrogen-bond acceptors (Lipinski definition) is 3. The zero-order chi connectivity index (χ0) is 28.9. The molecule has 6 rings (SSSR count). The number of amides is 1. The van der Waals surface area contributed by atoms with Crippen molar-refractivity contribution in [1.82, 2.24) is 9.47 Å². The molecule has 1 N–H and O–H groups in total. The third-order valence-electron chi connectivity index (χ3n) is 8.27. The van der Waals surface area contributed by atoms with Crippen LogP contribution in [0.5, 0.6) is 5.75 Å². The molecule has 0 spiro atoms. The molecule has 1 saturated heterocycles. The van der Waals surface area contributed by atoms with Crippen LogP contribution < -0.4 is 10.1 Å². The maximum atomic E-state index is 12.2. The van der Waals surface area contributed by atoms with E-state index in [1.165, 1.54) is 16.5 Å². The molecule has 0 radical (unpaired) electrons. The standard InChI is InChI=1S/C37H39N3O2/c1-27(2)37(41)38-32-13-9-12-30(22-32)29-18-20-39(21-19-29)24-31-25-40(33-14-7-4-8-15-33)36-23-34(16-17-35(31)36)42-26-28-10-5-3-6-11-28/h3-17,22-23,25,27,29H,18-21,24,26H2,1-2H3,(H,38,41). The van der Waals surface area contributed by atoms with E-state index in [1.54, 1.807) is 0 Å². The number of para-hydroxylation sites is 1. The third kappa shape index (κ3) is 6.42. The first-order chi connectivity index (χ1) is 20.5. The second-order valence-corrected chi connectivity index (χ2v) is 11.6. The van der Waals surface area contributed by atoms with Gasteiger partial charge in [-0.05, 0) is 84.9 Å². The van der Waals surface area contributed by atoms with Crippen LogP contribution in [-0.2, 0) is 17.9 Å². The maximum absolute atomic E-state index is 12.2. The van der Waals surface area contributed by atoms with Crippen LogP contribution in [-0.4, -0.2) is 28.5 Å². The van der Waals surface area contributed by atoms with E-state index in [0.29, 0.717) is 12.5 Å². The topological polar surface area (TPSA) is 46.5 Å². The molecule has 0 bridgehead atoms. The predicted molar refractivity (Wildman–Crippen MR) is 171 cm³/mol. The van der Waals surface area contributed by atoms with Gasteiger partial charge in [0.1, 0.15) is 12.4 Å². The second-order valence-electron chi connectivity index (χ2n) is 11.6. The Balaban J connectivity index is 1.17. The van der Waals surface area contributed by atoms with E-state index in [4.69, 9.17) is 4.74 Å². The van der Waals surface area contributed by atoms with E-state index >= 15 is 0 Å². The quantitative estimate of drug-likeness (QED) is 0.199. The Bertz CT molecular complexity index is 1630. The minimum atomic E-state index is -0.0295. The molecule has 5 aromatic rings. The molecule has 1 aromatic heterocycles. The Kier molecular flexibility index (Phi) is 8.38. The van der Waals surface area contributed by atoms with E-state index in [0.717, 1.165) is 60.7 Å². The van der Waals surface area contributed by atoms with Crippen molar-refractivity contribution in [2.75, 3.05) is 18.4 Å². The number of nitrogens with zero attached hydrogens (tertiary/aromatic N) is 2. The van der Waals surface area contributed by atoms with Crippen LogP contribution in [0.25, 0.3) is 16.6 Å². The summed E-state index contributed by atoms with van der Waals surface area (Å²) in [7, 11) is 0. The molecule has 1 aliphatic rings. The van der Waals surface area contributed by atoms with Crippen molar-refractivity contribution in [1.29, 1.82) is 0 Å². The molecule has 214 valence electrons. The summed E-state index contributed by atoms with van der Waals surface area (Å²) in [5, 5.41) is 4.32. The van der Waals surface area contributed by atoms with Gasteiger partial charge in [-0.3, -0.25) is 9.69 Å². The van der Waals surface area contributed by atoms with Gasteiger partial charge in [-0.1, -0.05) is 74.5 Å². The number of ether oxygens (including phenoxy) is 1. The molecule has 0 saturated carbocycles. The monoisotopic (exact) mass is 557 g/mol. The van der Waals surface area contributed by atoms with Gasteiger partial charge in [-0.2, -0.15) is 0 Å². The first-order valence-corrected chi connectivity index (χ1v) is 15.0. The van der Waals surface area contributed by atoms with Gasteiger partial charge in [0.25, 0.3) is 0 Å². The summed E-state index contributed by atoms with van der Waals surface area (Å²) in [5.74, 6) is 1.41. The molecule has 5 heteroatoms. The summed E-state index contributed by atoms with van der Waals surface area (Å²) in [6.07, 6.45) is 4.51. The summed E-state index contributed by atoms with van der Waals surface area (Å²) in [5.41, 5.74) is 7.02. The Labute approximate surface area is 248 Å². The van der Waals surface area contributed by atoms with Crippen molar-refractivity contribution >= 4 is 22.5 Å². The number of nitrogens with one attached hydrogen (secondary N) is 1. The molecule has 4 aromatic carbocycles. The van der Waals surface area contributed by atoms with Gasteiger partial charge in [0.05, 0.1) is 5.52 Å². The molecule has 42 heavy (non-hydrogen) atoms. The number of carbonyl (C=O) groups is 1. The first-order valence-electron chi connectivity index (χ1n) is 15.0. The minimum absolute atomic E-state index is 0.0295. The molecule has 0 aliphatic carbocycles. The molecular formula is C37H39N3O2. The number of likely N-dealkylation sites (tertiary alicyclic amines) is 1. The SMILES string of the molecule is CC(C)C(=O)Nc1cccc(C2CCN(Cc3cn(-c4ccccc4)c4cc(OCc5ccccc5)ccc34)CC2)c1. The van der Waals surface area contributed by atoms with Gasteiger partial charge in [-0.25, -0.2) is 0 Å². The lowest BCUT2D eigenvalue weighted by Crippen LogP contribution is -2.32. The smallest absolute Gasteiger partial charge is 0.226 e. The molecule has 0 unspecified atom stereocenters. The van der Waals surface area contributed by atoms with Crippen LogP contribution in [0.15, 0.2) is 109 Å². The highest BCUT2D eigenvalue weighted by atomic mass is 16.5. The van der Waals surface area contributed by atoms with Gasteiger partial charge < -0.3 is 14.6 Å². The Morgan fingerprint density at radius 3 is 2.36 bits per heavy atom. The number of rotatable bonds is 9. The Morgan fingerprint density at radius 1 is 0.881 bits per heavy atom. The van der Waals surface area contributed by atoms with Crippen LogP contribution in [0, 0.1) is 5.92 Å². The van der Waals surface area contributed by atoms with Gasteiger partial charge in [0.15, 0.2) is 0 Å². The zero-order valence-corrected chi connectivity index (χ0v) is 24.5. The van der Waals surface area contributed by atoms with E-state index in [2.05, 4.69) is 99.8 Å². The van der Waals surface area contributed by atoms with Crippen molar-refractivity contribution < 1.29 is 9.53 Å². The molecule has 2 heterocycles. The van der Waals surface area contributed by atoms with Crippen molar-refractivity contribution in [3.8, 4) is 11.4 Å². The van der Waals surface area contributed by atoms with Crippen LogP contribution in [0.2, 0.25) is 0 Å². The maximum Gasteiger partial charge on any atom is 0.226 e. The van der Waals surface area contributed by atoms with Gasteiger partial charge in [-0.15, -0.1) is 0 Å². The average Bonchev–Trinajstić information content (AvgIpc) is 3.38. The summed E-state index contributed by atoms with van der Waals surface area (Å²) in [6.45, 7) is 7.40. The number of fused-ring (bicyclic) bond motifs is 1. The fourth-order valence-corrected chi connectivity index (χ4v) is 5.86. The largest absolute Gasteiger partial charge is 0.489 e. The normalized spacial score (nSPS) is 14.4. The van der Waals surface area contributed by atoms with E-state index in [1.807, 2.05) is 38.1 Å². The van der Waals surface area contributed by atoms with Crippen molar-refractivity contribution in [3.05, 3.63) is 126 Å². The van der Waals surface area contributed by atoms with E-state index < -0.39 is 0 Å². The number of benzene rings is 4. The van der Waals surface area contributed by atoms with Gasteiger partial charge in [0.2, 0.25) is 5.91 Å². The molecular weight excluding hydrogens is 518 g/mol. The summed E-state index contributed by atoms with van der Waals surface area (Å²) in [4.78, 5) is 14.8. The predicted octanol–water partition coefficient (Wildman–Crippen LogP) is 8.18. The highest BCUT2D eigenvalue weighted by Gasteiger charge is 2.23. The fourth-order valence-electron chi connectivity index (χ4n) is 5.86. The molecule has 1 fully saturated rings. The van der Waals surface area contributed by atoms with Crippen LogP contribution in [0.1, 0.15) is 49.3 Å². The summed E-state index contributed by atoms with van der Waals surface area (Å²) >= 11 is 0. The van der Waals surface area contributed by atoms with E-state index in [-0.39, 0.29) is 11.8 Å². The third-order valence-corrected chi connectivity index (χ3v) is 8.27. The molecule has 1 aliphatic heterocycles. The number of anilines is 1. The van der Waals surface area contributed by atoms with Crippen LogP contribution >= 0.6 is 0 Å². The fraction of sp³-hybridized carbons (Fsp3) is 0.270. The average molecular weight is 558 g/mol. The number of aromatic nitrogens is 1. The van der Waals surface area contributed by atoms with Crippen LogP contribution in [0.3, 0.4) is 0 Å². The van der Waals surface area contributed by atoms with E-state index in [9.17, 15) is 4.79 Å². The van der Waals surface area contributed by atoms with Crippen LogP contribution in [0.4, 0.5) is 5.69 Å². The van der Waals surface area contributed by atoms with Crippen molar-refractivity contribution in [2.24, 2.45) is 5.92 Å². The lowest BCUT2D eigenvalue weighted by Gasteiger charge is -2.32. The summed E-state index contributed by atoms with van der Waals surface area (Å²) in [6, 6.07) is 35.7. The van der Waals surface area contributed by atoms with Crippen molar-refractivity contribution in [2.45, 2.75) is 45.8 Å². The number of hydrogen-bond donors (Lipinski definition) is 1. The molecule has 1 amide bonds. The summed E-state index contributed by atoms with van der Waals surface area (Å²) < 4.78 is 8.49. The second kappa shape index (κ2) is 12.7. The Morgan fingerprint density at radius 2 is 1.62 bits per heavy atom. The van der Waals surface area contributed by atoms with Gasteiger partial charge >= 0.3 is 0 Å². The number of piperidine rings is 1. The Hall–Kier alpha value is -4.35. The van der Waals surface area contributed by atoms with Gasteiger partial charge in [0, 0.05) is 41.5 Å².